The number of alkyl halides is 3. The molecule has 3 rings (SSSR count). The van der Waals surface area contributed by atoms with E-state index in [1.165, 1.54) is 52.5 Å². The summed E-state index contributed by atoms with van der Waals surface area (Å²) < 4.78 is 57.5. The first-order valence-electron chi connectivity index (χ1n) is 10.9. The molecule has 192 valence electrons. The van der Waals surface area contributed by atoms with E-state index in [9.17, 15) is 27.2 Å². The molecule has 11 heteroatoms. The predicted octanol–water partition coefficient (Wildman–Crippen LogP) is 5.62. The summed E-state index contributed by atoms with van der Waals surface area (Å²) in [6, 6.07) is 13.0. The van der Waals surface area contributed by atoms with Crippen LogP contribution in [0.25, 0.3) is 0 Å². The van der Waals surface area contributed by atoms with Crippen LogP contribution in [0.3, 0.4) is 0 Å². The molecule has 6 nitrogen and oxygen atoms in total. The van der Waals surface area contributed by atoms with E-state index in [1.54, 1.807) is 12.1 Å². The van der Waals surface area contributed by atoms with Crippen LogP contribution in [-0.2, 0) is 28.8 Å². The smallest absolute Gasteiger partial charge is 0.383 e. The summed E-state index contributed by atoms with van der Waals surface area (Å²) in [5.41, 5.74) is -0.245. The Hall–Kier alpha value is -3.44. The average molecular weight is 524 g/mol. The highest BCUT2D eigenvalue weighted by Gasteiger charge is 2.31. The molecule has 0 saturated carbocycles. The minimum atomic E-state index is -4.56. The SMILES string of the molecule is COCCN(CC(=O)N(Cc1ccc(F)cc1)Cc1cccs1)C(=O)Nc1cccc(C(F)(F)F)c1. The molecular formula is C25H25F4N3O3S. The van der Waals surface area contributed by atoms with Crippen LogP contribution in [0.4, 0.5) is 28.0 Å². The van der Waals surface area contributed by atoms with E-state index >= 15 is 0 Å². The number of carbonyl (C=O) groups excluding carboxylic acids is 2. The third-order valence-corrected chi connectivity index (χ3v) is 6.05. The number of thiophene rings is 1. The lowest BCUT2D eigenvalue weighted by Gasteiger charge is -2.28. The molecule has 0 aliphatic carbocycles. The fourth-order valence-electron chi connectivity index (χ4n) is 3.33. The summed E-state index contributed by atoms with van der Waals surface area (Å²) in [5.74, 6) is -0.782. The second-order valence-electron chi connectivity index (χ2n) is 7.88. The number of hydrogen-bond donors (Lipinski definition) is 1. The van der Waals surface area contributed by atoms with Crippen molar-refractivity contribution in [3.05, 3.63) is 87.9 Å². The van der Waals surface area contributed by atoms with Crippen LogP contribution >= 0.6 is 11.3 Å². The Morgan fingerprint density at radius 2 is 1.75 bits per heavy atom. The van der Waals surface area contributed by atoms with E-state index in [-0.39, 0.29) is 44.4 Å². The molecule has 36 heavy (non-hydrogen) atoms. The number of halogens is 4. The standard InChI is InChI=1S/C25H25F4N3O3S/c1-35-12-11-31(24(34)30-21-5-2-4-19(14-21)25(27,28)29)17-23(33)32(16-22-6-3-13-36-22)15-18-7-9-20(26)10-8-18/h2-10,13-14H,11-12,15-17H2,1H3,(H,30,34). The zero-order valence-electron chi connectivity index (χ0n) is 19.4. The van der Waals surface area contributed by atoms with Crippen LogP contribution in [0.1, 0.15) is 16.0 Å². The molecule has 0 atom stereocenters. The summed E-state index contributed by atoms with van der Waals surface area (Å²) in [4.78, 5) is 29.9. The van der Waals surface area contributed by atoms with Gasteiger partial charge >= 0.3 is 12.2 Å². The summed E-state index contributed by atoms with van der Waals surface area (Å²) in [6.45, 7) is 0.287. The molecule has 3 amide bonds. The molecule has 0 bridgehead atoms. The predicted molar refractivity (Wildman–Crippen MR) is 129 cm³/mol. The Kier molecular flexibility index (Phi) is 9.43. The van der Waals surface area contributed by atoms with Crippen LogP contribution in [0, 0.1) is 5.82 Å². The van der Waals surface area contributed by atoms with Crippen molar-refractivity contribution in [3.8, 4) is 0 Å². The van der Waals surface area contributed by atoms with Crippen molar-refractivity contribution in [2.24, 2.45) is 0 Å². The van der Waals surface area contributed by atoms with Crippen molar-refractivity contribution in [1.82, 2.24) is 9.80 Å². The van der Waals surface area contributed by atoms with Crippen LogP contribution in [-0.4, -0.2) is 48.5 Å². The highest BCUT2D eigenvalue weighted by atomic mass is 32.1. The summed E-state index contributed by atoms with van der Waals surface area (Å²) in [6.07, 6.45) is -4.56. The minimum Gasteiger partial charge on any atom is -0.383 e. The number of carbonyl (C=O) groups is 2. The maximum absolute atomic E-state index is 13.3. The number of nitrogens with one attached hydrogen (secondary N) is 1. The zero-order chi connectivity index (χ0) is 26.1. The fraction of sp³-hybridized carbons (Fsp3) is 0.280. The van der Waals surface area contributed by atoms with E-state index in [2.05, 4.69) is 5.32 Å². The van der Waals surface area contributed by atoms with Crippen LogP contribution in [0.2, 0.25) is 0 Å². The number of methoxy groups -OCH3 is 1. The van der Waals surface area contributed by atoms with E-state index in [0.717, 1.165) is 17.0 Å². The van der Waals surface area contributed by atoms with Crippen LogP contribution in [0.15, 0.2) is 66.0 Å². The Balaban J connectivity index is 1.76. The number of urea groups is 1. The van der Waals surface area contributed by atoms with Crippen LogP contribution < -0.4 is 5.32 Å². The topological polar surface area (TPSA) is 61.9 Å². The van der Waals surface area contributed by atoms with E-state index in [0.29, 0.717) is 5.56 Å². The average Bonchev–Trinajstić information content (AvgIpc) is 3.35. The second-order valence-corrected chi connectivity index (χ2v) is 8.91. The quantitative estimate of drug-likeness (QED) is 0.351. The lowest BCUT2D eigenvalue weighted by Crippen LogP contribution is -2.45. The fourth-order valence-corrected chi connectivity index (χ4v) is 4.05. The van der Waals surface area contributed by atoms with Gasteiger partial charge in [-0.15, -0.1) is 11.3 Å². The van der Waals surface area contributed by atoms with Gasteiger partial charge in [-0.3, -0.25) is 4.79 Å². The molecule has 2 aromatic carbocycles. The Morgan fingerprint density at radius 1 is 1.00 bits per heavy atom. The number of anilines is 1. The monoisotopic (exact) mass is 523 g/mol. The van der Waals surface area contributed by atoms with Gasteiger partial charge in [0.05, 0.1) is 18.7 Å². The first kappa shape index (κ1) is 27.2. The lowest BCUT2D eigenvalue weighted by molar-refractivity contribution is -0.137. The van der Waals surface area contributed by atoms with Gasteiger partial charge in [-0.1, -0.05) is 24.3 Å². The van der Waals surface area contributed by atoms with E-state index in [4.69, 9.17) is 4.74 Å². The first-order valence-corrected chi connectivity index (χ1v) is 11.8. The number of rotatable bonds is 10. The van der Waals surface area contributed by atoms with Gasteiger partial charge in [-0.2, -0.15) is 13.2 Å². The summed E-state index contributed by atoms with van der Waals surface area (Å²) in [7, 11) is 1.43. The summed E-state index contributed by atoms with van der Waals surface area (Å²) in [5, 5.41) is 4.31. The minimum absolute atomic E-state index is 0.0381. The van der Waals surface area contributed by atoms with Crippen molar-refractivity contribution < 1.29 is 31.9 Å². The Bertz CT molecular complexity index is 1140. The molecule has 0 radical (unpaired) electrons. The number of hydrogen-bond acceptors (Lipinski definition) is 4. The highest BCUT2D eigenvalue weighted by Crippen LogP contribution is 2.30. The molecule has 0 spiro atoms. The Morgan fingerprint density at radius 3 is 2.39 bits per heavy atom. The van der Waals surface area contributed by atoms with Gasteiger partial charge in [0.2, 0.25) is 5.91 Å². The van der Waals surface area contributed by atoms with E-state index in [1.807, 2.05) is 17.5 Å². The number of ether oxygens (including phenoxy) is 1. The molecule has 1 heterocycles. The second kappa shape index (κ2) is 12.5. The molecule has 1 N–H and O–H groups in total. The van der Waals surface area contributed by atoms with Gasteiger partial charge in [0.25, 0.3) is 0 Å². The molecule has 3 aromatic rings. The first-order chi connectivity index (χ1) is 17.2. The summed E-state index contributed by atoms with van der Waals surface area (Å²) >= 11 is 1.47. The normalized spacial score (nSPS) is 11.2. The van der Waals surface area contributed by atoms with E-state index < -0.39 is 23.6 Å². The van der Waals surface area contributed by atoms with Gasteiger partial charge in [0.1, 0.15) is 12.4 Å². The highest BCUT2D eigenvalue weighted by molar-refractivity contribution is 7.09. The lowest BCUT2D eigenvalue weighted by atomic mass is 10.2. The maximum atomic E-state index is 13.3. The molecule has 0 aliphatic heterocycles. The van der Waals surface area contributed by atoms with Gasteiger partial charge in [0, 0.05) is 30.8 Å². The molecular weight excluding hydrogens is 498 g/mol. The van der Waals surface area contributed by atoms with Gasteiger partial charge in [-0.25, -0.2) is 9.18 Å². The number of amides is 3. The van der Waals surface area contributed by atoms with Gasteiger partial charge in [-0.05, 0) is 47.3 Å². The molecule has 1 aromatic heterocycles. The zero-order valence-corrected chi connectivity index (χ0v) is 20.2. The Labute approximate surface area is 210 Å². The van der Waals surface area contributed by atoms with Crippen LogP contribution in [0.5, 0.6) is 0 Å². The van der Waals surface area contributed by atoms with Crippen molar-refractivity contribution in [1.29, 1.82) is 0 Å². The molecule has 0 fully saturated rings. The molecule has 0 unspecified atom stereocenters. The van der Waals surface area contributed by atoms with Crippen molar-refractivity contribution in [2.75, 3.05) is 32.1 Å². The van der Waals surface area contributed by atoms with Gasteiger partial charge in [0.15, 0.2) is 0 Å². The van der Waals surface area contributed by atoms with Crippen molar-refractivity contribution >= 4 is 29.0 Å². The third kappa shape index (κ3) is 8.06. The maximum Gasteiger partial charge on any atom is 0.416 e. The van der Waals surface area contributed by atoms with Crippen molar-refractivity contribution in [3.63, 3.8) is 0 Å². The number of nitrogens with zero attached hydrogens (tertiary/aromatic N) is 2. The largest absolute Gasteiger partial charge is 0.416 e. The third-order valence-electron chi connectivity index (χ3n) is 5.19. The van der Waals surface area contributed by atoms with Crippen molar-refractivity contribution in [2.45, 2.75) is 19.3 Å². The van der Waals surface area contributed by atoms with Gasteiger partial charge < -0.3 is 19.9 Å². The molecule has 0 aliphatic rings. The molecule has 0 saturated heterocycles. The number of benzene rings is 2.